The van der Waals surface area contributed by atoms with Crippen molar-refractivity contribution in [2.24, 2.45) is 5.73 Å². The Bertz CT molecular complexity index is 531. The van der Waals surface area contributed by atoms with Crippen molar-refractivity contribution in [1.29, 1.82) is 0 Å². The molecule has 0 aromatic heterocycles. The van der Waals surface area contributed by atoms with Crippen molar-refractivity contribution in [3.05, 3.63) is 35.9 Å². The molecule has 0 bridgehead atoms. The quantitative estimate of drug-likeness (QED) is 0.636. The number of nitrogens with two attached hydrogens (primary N) is 2. The number of hydrogen-bond donors (Lipinski definition) is 2. The first-order valence-electron chi connectivity index (χ1n) is 7.19. The number of nitrogens with zero attached hydrogens (tertiary/aromatic N) is 1. The zero-order valence-electron chi connectivity index (χ0n) is 12.0. The first-order valence-corrected chi connectivity index (χ1v) is 7.19. The van der Waals surface area contributed by atoms with Crippen LogP contribution in [0.15, 0.2) is 30.3 Å². The molecule has 1 aliphatic rings. The van der Waals surface area contributed by atoms with Gasteiger partial charge in [0.25, 0.3) is 0 Å². The van der Waals surface area contributed by atoms with E-state index in [-0.39, 0.29) is 18.5 Å². The van der Waals surface area contributed by atoms with Crippen LogP contribution in [-0.4, -0.2) is 29.3 Å². The van der Waals surface area contributed by atoms with Crippen LogP contribution in [0, 0.1) is 0 Å². The molecule has 5 heteroatoms. The molecule has 0 radical (unpaired) electrons. The Kier molecular flexibility index (Phi) is 4.98. The molecule has 2 rings (SSSR count). The second-order valence-corrected chi connectivity index (χ2v) is 5.37. The molecule has 0 heterocycles. The Hall–Kier alpha value is -2.30. The molecule has 0 unspecified atom stereocenters. The van der Waals surface area contributed by atoms with Gasteiger partial charge in [0.2, 0.25) is 11.8 Å². The van der Waals surface area contributed by atoms with Crippen LogP contribution in [0.4, 0.5) is 5.69 Å². The van der Waals surface area contributed by atoms with Gasteiger partial charge in [-0.1, -0.05) is 25.0 Å². The zero-order chi connectivity index (χ0) is 15.2. The van der Waals surface area contributed by atoms with Crippen LogP contribution in [-0.2, 0) is 9.59 Å². The molecule has 4 N–H and O–H groups in total. The van der Waals surface area contributed by atoms with Crippen molar-refractivity contribution in [3.8, 4) is 0 Å². The van der Waals surface area contributed by atoms with Crippen LogP contribution in [0.2, 0.25) is 0 Å². The molecular weight excluding hydrogens is 266 g/mol. The minimum atomic E-state index is -0.476. The molecule has 5 nitrogen and oxygen atoms in total. The summed E-state index contributed by atoms with van der Waals surface area (Å²) in [6.45, 7) is -0.0183. The van der Waals surface area contributed by atoms with E-state index in [9.17, 15) is 9.59 Å². The highest BCUT2D eigenvalue weighted by molar-refractivity contribution is 5.94. The molecule has 0 aliphatic heterocycles. The van der Waals surface area contributed by atoms with Crippen molar-refractivity contribution in [2.75, 3.05) is 12.3 Å². The molecule has 0 spiro atoms. The average molecular weight is 287 g/mol. The molecule has 1 aromatic rings. The fourth-order valence-electron chi connectivity index (χ4n) is 2.64. The highest BCUT2D eigenvalue weighted by Crippen LogP contribution is 2.23. The highest BCUT2D eigenvalue weighted by atomic mass is 16.2. The summed E-state index contributed by atoms with van der Waals surface area (Å²) >= 11 is 0. The molecule has 1 aromatic carbocycles. The number of carbonyl (C=O) groups is 2. The van der Waals surface area contributed by atoms with Crippen LogP contribution in [0.3, 0.4) is 0 Å². The Balaban J connectivity index is 2.06. The van der Waals surface area contributed by atoms with E-state index in [2.05, 4.69) is 0 Å². The predicted molar refractivity (Wildman–Crippen MR) is 83.1 cm³/mol. The summed E-state index contributed by atoms with van der Waals surface area (Å²) in [6, 6.07) is 7.37. The van der Waals surface area contributed by atoms with Crippen molar-refractivity contribution in [3.63, 3.8) is 0 Å². The fraction of sp³-hybridized carbons (Fsp3) is 0.375. The standard InChI is InChI=1S/C16H21N3O2/c17-13-8-5-12(6-9-13)7-10-16(21)19(11-15(18)20)14-3-1-2-4-14/h5-10,14H,1-4,11,17H2,(H2,18,20)/b10-7+. The minimum Gasteiger partial charge on any atom is -0.399 e. The number of primary amides is 1. The molecule has 1 saturated carbocycles. The number of nitrogen functional groups attached to an aromatic ring is 1. The van der Waals surface area contributed by atoms with Crippen LogP contribution < -0.4 is 11.5 Å². The highest BCUT2D eigenvalue weighted by Gasteiger charge is 2.26. The summed E-state index contributed by atoms with van der Waals surface area (Å²) in [7, 11) is 0. The Labute approximate surface area is 124 Å². The van der Waals surface area contributed by atoms with E-state index in [0.29, 0.717) is 5.69 Å². The fourth-order valence-corrected chi connectivity index (χ4v) is 2.64. The van der Waals surface area contributed by atoms with Gasteiger partial charge in [-0.3, -0.25) is 9.59 Å². The van der Waals surface area contributed by atoms with E-state index in [4.69, 9.17) is 11.5 Å². The minimum absolute atomic E-state index is 0.0183. The van der Waals surface area contributed by atoms with Crippen LogP contribution in [0.5, 0.6) is 0 Å². The third-order valence-electron chi connectivity index (χ3n) is 3.73. The maximum absolute atomic E-state index is 12.3. The Morgan fingerprint density at radius 1 is 1.19 bits per heavy atom. The molecule has 0 saturated heterocycles. The van der Waals surface area contributed by atoms with E-state index >= 15 is 0 Å². The summed E-state index contributed by atoms with van der Waals surface area (Å²) in [5.41, 5.74) is 12.4. The monoisotopic (exact) mass is 287 g/mol. The third kappa shape index (κ3) is 4.34. The smallest absolute Gasteiger partial charge is 0.247 e. The van der Waals surface area contributed by atoms with Crippen molar-refractivity contribution in [1.82, 2.24) is 4.90 Å². The van der Waals surface area contributed by atoms with Crippen molar-refractivity contribution < 1.29 is 9.59 Å². The zero-order valence-corrected chi connectivity index (χ0v) is 12.0. The van der Waals surface area contributed by atoms with E-state index in [1.165, 1.54) is 6.08 Å². The molecule has 1 fully saturated rings. The van der Waals surface area contributed by atoms with Crippen LogP contribution in [0.25, 0.3) is 6.08 Å². The Morgan fingerprint density at radius 3 is 2.38 bits per heavy atom. The lowest BCUT2D eigenvalue weighted by Crippen LogP contribution is -2.43. The second-order valence-electron chi connectivity index (χ2n) is 5.37. The Morgan fingerprint density at radius 2 is 1.81 bits per heavy atom. The first-order chi connectivity index (χ1) is 10.1. The topological polar surface area (TPSA) is 89.4 Å². The van der Waals surface area contributed by atoms with Gasteiger partial charge >= 0.3 is 0 Å². The van der Waals surface area contributed by atoms with Gasteiger partial charge in [0.05, 0.1) is 6.54 Å². The van der Waals surface area contributed by atoms with E-state index in [0.717, 1.165) is 31.2 Å². The molecule has 112 valence electrons. The number of hydrogen-bond acceptors (Lipinski definition) is 3. The SMILES string of the molecule is NC(=O)CN(C(=O)/C=C/c1ccc(N)cc1)C1CCCC1. The van der Waals surface area contributed by atoms with Crippen molar-refractivity contribution >= 4 is 23.6 Å². The number of anilines is 1. The normalized spacial score (nSPS) is 15.4. The number of rotatable bonds is 5. The molecular formula is C16H21N3O2. The molecule has 2 amide bonds. The molecule has 1 aliphatic carbocycles. The van der Waals surface area contributed by atoms with Gasteiger partial charge < -0.3 is 16.4 Å². The summed E-state index contributed by atoms with van der Waals surface area (Å²) < 4.78 is 0. The largest absolute Gasteiger partial charge is 0.399 e. The van der Waals surface area contributed by atoms with Crippen LogP contribution in [0.1, 0.15) is 31.2 Å². The van der Waals surface area contributed by atoms with E-state index in [1.54, 1.807) is 23.1 Å². The van der Waals surface area contributed by atoms with Gasteiger partial charge in [-0.15, -0.1) is 0 Å². The van der Waals surface area contributed by atoms with E-state index < -0.39 is 5.91 Å². The maximum atomic E-state index is 12.3. The summed E-state index contributed by atoms with van der Waals surface area (Å²) in [4.78, 5) is 25.1. The van der Waals surface area contributed by atoms with Crippen LogP contribution >= 0.6 is 0 Å². The summed E-state index contributed by atoms with van der Waals surface area (Å²) in [6.07, 6.45) is 7.28. The lowest BCUT2D eigenvalue weighted by atomic mass is 10.1. The van der Waals surface area contributed by atoms with E-state index in [1.807, 2.05) is 12.1 Å². The number of benzene rings is 1. The third-order valence-corrected chi connectivity index (χ3v) is 3.73. The summed E-state index contributed by atoms with van der Waals surface area (Å²) in [5, 5.41) is 0. The van der Waals surface area contributed by atoms with Gasteiger partial charge in [0.1, 0.15) is 0 Å². The number of amides is 2. The average Bonchev–Trinajstić information content (AvgIpc) is 2.97. The maximum Gasteiger partial charge on any atom is 0.247 e. The lowest BCUT2D eigenvalue weighted by Gasteiger charge is -2.26. The first kappa shape index (κ1) is 15.1. The predicted octanol–water partition coefficient (Wildman–Crippen LogP) is 1.54. The van der Waals surface area contributed by atoms with Gasteiger partial charge in [0.15, 0.2) is 0 Å². The van der Waals surface area contributed by atoms with Gasteiger partial charge in [-0.25, -0.2) is 0 Å². The van der Waals surface area contributed by atoms with Gasteiger partial charge in [-0.2, -0.15) is 0 Å². The summed E-state index contributed by atoms with van der Waals surface area (Å²) in [5.74, 6) is -0.645. The van der Waals surface area contributed by atoms with Crippen molar-refractivity contribution in [2.45, 2.75) is 31.7 Å². The number of carbonyl (C=O) groups excluding carboxylic acids is 2. The lowest BCUT2D eigenvalue weighted by molar-refractivity contribution is -0.133. The van der Waals surface area contributed by atoms with Gasteiger partial charge in [0, 0.05) is 17.8 Å². The molecule has 21 heavy (non-hydrogen) atoms. The molecule has 0 atom stereocenters. The second kappa shape index (κ2) is 6.92. The van der Waals surface area contributed by atoms with Gasteiger partial charge in [-0.05, 0) is 36.6 Å².